The minimum absolute atomic E-state index is 0.222. The Labute approximate surface area is 153 Å². The Morgan fingerprint density at radius 1 is 1.27 bits per heavy atom. The third-order valence-electron chi connectivity index (χ3n) is 5.17. The van der Waals surface area contributed by atoms with Crippen LogP contribution < -0.4 is 0 Å². The summed E-state index contributed by atoms with van der Waals surface area (Å²) in [5.41, 5.74) is 2.32. The van der Waals surface area contributed by atoms with Gasteiger partial charge in [0.2, 0.25) is 5.91 Å². The maximum Gasteiger partial charge on any atom is 0.223 e. The number of amides is 1. The summed E-state index contributed by atoms with van der Waals surface area (Å²) in [6, 6.07) is 8.55. The van der Waals surface area contributed by atoms with E-state index in [2.05, 4.69) is 51.6 Å². The van der Waals surface area contributed by atoms with Crippen LogP contribution in [0.25, 0.3) is 22.3 Å². The Balaban J connectivity index is 1.52. The topological polar surface area (TPSA) is 52.3 Å². The smallest absolute Gasteiger partial charge is 0.223 e. The SMILES string of the molecule is COCCN1CC(Cn2ccnc2-c2ccc3c(ccn3C)c2)CC1=O. The van der Waals surface area contributed by atoms with Crippen LogP contribution in [0.3, 0.4) is 0 Å². The molecular formula is C20H24N4O2. The number of ether oxygens (including phenoxy) is 1. The van der Waals surface area contributed by atoms with Gasteiger partial charge in [-0.3, -0.25) is 4.79 Å². The highest BCUT2D eigenvalue weighted by molar-refractivity contribution is 5.84. The van der Waals surface area contributed by atoms with Crippen LogP contribution in [-0.2, 0) is 23.1 Å². The Hall–Kier alpha value is -2.60. The number of carbonyl (C=O) groups is 1. The first-order valence-electron chi connectivity index (χ1n) is 8.99. The molecule has 1 atom stereocenters. The zero-order valence-corrected chi connectivity index (χ0v) is 15.3. The number of rotatable bonds is 6. The van der Waals surface area contributed by atoms with Gasteiger partial charge in [-0.1, -0.05) is 0 Å². The summed E-state index contributed by atoms with van der Waals surface area (Å²) in [7, 11) is 3.72. The number of carbonyl (C=O) groups excluding carboxylic acids is 1. The zero-order valence-electron chi connectivity index (χ0n) is 15.3. The van der Waals surface area contributed by atoms with E-state index in [0.29, 0.717) is 25.5 Å². The molecule has 0 saturated carbocycles. The standard InChI is InChI=1S/C20H24N4O2/c1-22-7-5-16-12-17(3-4-18(16)22)20-21-6-8-24(20)14-15-11-19(25)23(13-15)9-10-26-2/h3-8,12,15H,9-11,13-14H2,1-2H3. The van der Waals surface area contributed by atoms with Gasteiger partial charge in [-0.25, -0.2) is 4.98 Å². The van der Waals surface area contributed by atoms with Gasteiger partial charge in [-0.2, -0.15) is 0 Å². The number of fused-ring (bicyclic) bond motifs is 1. The second-order valence-corrected chi connectivity index (χ2v) is 7.01. The predicted octanol–water partition coefficient (Wildman–Crippen LogP) is 2.54. The highest BCUT2D eigenvalue weighted by atomic mass is 16.5. The number of likely N-dealkylation sites (tertiary alicyclic amines) is 1. The Morgan fingerprint density at radius 3 is 3.00 bits per heavy atom. The molecule has 0 spiro atoms. The number of methoxy groups -OCH3 is 1. The highest BCUT2D eigenvalue weighted by Crippen LogP contribution is 2.26. The average molecular weight is 352 g/mol. The van der Waals surface area contributed by atoms with Crippen molar-refractivity contribution in [3.63, 3.8) is 0 Å². The average Bonchev–Trinajstić information content (AvgIpc) is 3.33. The monoisotopic (exact) mass is 352 g/mol. The van der Waals surface area contributed by atoms with Crippen LogP contribution in [0.15, 0.2) is 42.9 Å². The molecule has 2 aromatic heterocycles. The molecule has 0 radical (unpaired) electrons. The Bertz CT molecular complexity index is 927. The second-order valence-electron chi connectivity index (χ2n) is 7.01. The van der Waals surface area contributed by atoms with Crippen LogP contribution in [0.1, 0.15) is 6.42 Å². The van der Waals surface area contributed by atoms with E-state index in [0.717, 1.165) is 24.5 Å². The summed E-state index contributed by atoms with van der Waals surface area (Å²) < 4.78 is 9.38. The van der Waals surface area contributed by atoms with Gasteiger partial charge in [-0.15, -0.1) is 0 Å². The molecule has 6 nitrogen and oxygen atoms in total. The molecule has 1 unspecified atom stereocenters. The van der Waals surface area contributed by atoms with Crippen molar-refractivity contribution in [3.8, 4) is 11.4 Å². The predicted molar refractivity (Wildman–Crippen MR) is 101 cm³/mol. The minimum Gasteiger partial charge on any atom is -0.383 e. The summed E-state index contributed by atoms with van der Waals surface area (Å²) in [6.45, 7) is 2.86. The molecule has 3 aromatic rings. The number of hydrogen-bond acceptors (Lipinski definition) is 3. The molecule has 1 amide bonds. The lowest BCUT2D eigenvalue weighted by atomic mass is 10.1. The molecule has 136 valence electrons. The van der Waals surface area contributed by atoms with Crippen molar-refractivity contribution in [2.45, 2.75) is 13.0 Å². The summed E-state index contributed by atoms with van der Waals surface area (Å²) >= 11 is 0. The highest BCUT2D eigenvalue weighted by Gasteiger charge is 2.29. The Kier molecular flexibility index (Phi) is 4.51. The van der Waals surface area contributed by atoms with Crippen LogP contribution in [0.2, 0.25) is 0 Å². The second kappa shape index (κ2) is 6.96. The fraction of sp³-hybridized carbons (Fsp3) is 0.400. The van der Waals surface area contributed by atoms with Gasteiger partial charge in [0.05, 0.1) is 6.61 Å². The largest absolute Gasteiger partial charge is 0.383 e. The molecule has 0 bridgehead atoms. The molecule has 0 N–H and O–H groups in total. The van der Waals surface area contributed by atoms with Gasteiger partial charge < -0.3 is 18.8 Å². The maximum atomic E-state index is 12.2. The van der Waals surface area contributed by atoms with Crippen molar-refractivity contribution < 1.29 is 9.53 Å². The van der Waals surface area contributed by atoms with Gasteiger partial charge in [0, 0.05) is 81.2 Å². The van der Waals surface area contributed by atoms with E-state index in [1.54, 1.807) is 7.11 Å². The van der Waals surface area contributed by atoms with Crippen LogP contribution in [-0.4, -0.2) is 51.7 Å². The normalized spacial score (nSPS) is 17.5. The summed E-state index contributed by atoms with van der Waals surface area (Å²) in [5.74, 6) is 1.49. The number of aromatic nitrogens is 3. The summed E-state index contributed by atoms with van der Waals surface area (Å²) in [6.07, 6.45) is 6.51. The lowest BCUT2D eigenvalue weighted by Crippen LogP contribution is -2.29. The first-order chi connectivity index (χ1) is 12.7. The molecule has 3 heterocycles. The minimum atomic E-state index is 0.222. The molecule has 1 saturated heterocycles. The fourth-order valence-corrected chi connectivity index (χ4v) is 3.81. The van der Waals surface area contributed by atoms with E-state index >= 15 is 0 Å². The van der Waals surface area contributed by atoms with Gasteiger partial charge >= 0.3 is 0 Å². The van der Waals surface area contributed by atoms with Crippen molar-refractivity contribution in [1.29, 1.82) is 0 Å². The molecule has 1 aliphatic rings. The van der Waals surface area contributed by atoms with E-state index < -0.39 is 0 Å². The maximum absolute atomic E-state index is 12.2. The molecular weight excluding hydrogens is 328 g/mol. The van der Waals surface area contributed by atoms with Crippen LogP contribution in [0.5, 0.6) is 0 Å². The number of benzene rings is 1. The van der Waals surface area contributed by atoms with E-state index in [4.69, 9.17) is 4.74 Å². The van der Waals surface area contributed by atoms with Crippen molar-refractivity contribution in [2.24, 2.45) is 13.0 Å². The number of hydrogen-bond donors (Lipinski definition) is 0. The number of aryl methyl sites for hydroxylation is 1. The molecule has 26 heavy (non-hydrogen) atoms. The van der Waals surface area contributed by atoms with Crippen LogP contribution in [0, 0.1) is 5.92 Å². The van der Waals surface area contributed by atoms with E-state index in [9.17, 15) is 4.79 Å². The number of imidazole rings is 1. The first-order valence-corrected chi connectivity index (χ1v) is 8.99. The lowest BCUT2D eigenvalue weighted by Gasteiger charge is -2.17. The van der Waals surface area contributed by atoms with Crippen LogP contribution in [0.4, 0.5) is 0 Å². The zero-order chi connectivity index (χ0) is 18.1. The first kappa shape index (κ1) is 16.8. The van der Waals surface area contributed by atoms with Crippen LogP contribution >= 0.6 is 0 Å². The molecule has 1 fully saturated rings. The molecule has 1 aliphatic heterocycles. The third kappa shape index (κ3) is 3.12. The third-order valence-corrected chi connectivity index (χ3v) is 5.17. The fourth-order valence-electron chi connectivity index (χ4n) is 3.81. The van der Waals surface area contributed by atoms with Crippen molar-refractivity contribution in [2.75, 3.05) is 26.8 Å². The van der Waals surface area contributed by atoms with Crippen molar-refractivity contribution in [3.05, 3.63) is 42.9 Å². The van der Waals surface area contributed by atoms with E-state index in [1.807, 2.05) is 17.3 Å². The molecule has 6 heteroatoms. The van der Waals surface area contributed by atoms with Gasteiger partial charge in [0.1, 0.15) is 5.82 Å². The lowest BCUT2D eigenvalue weighted by molar-refractivity contribution is -0.128. The molecule has 4 rings (SSSR count). The van der Waals surface area contributed by atoms with Gasteiger partial charge in [0.15, 0.2) is 0 Å². The van der Waals surface area contributed by atoms with E-state index in [1.165, 1.54) is 10.9 Å². The van der Waals surface area contributed by atoms with Crippen molar-refractivity contribution in [1.82, 2.24) is 19.0 Å². The van der Waals surface area contributed by atoms with Gasteiger partial charge in [0.25, 0.3) is 0 Å². The number of nitrogens with zero attached hydrogens (tertiary/aromatic N) is 4. The Morgan fingerprint density at radius 2 is 2.15 bits per heavy atom. The molecule has 1 aromatic carbocycles. The van der Waals surface area contributed by atoms with E-state index in [-0.39, 0.29) is 5.91 Å². The van der Waals surface area contributed by atoms with Crippen molar-refractivity contribution >= 4 is 16.8 Å². The summed E-state index contributed by atoms with van der Waals surface area (Å²) in [5, 5.41) is 1.21. The summed E-state index contributed by atoms with van der Waals surface area (Å²) in [4.78, 5) is 18.6. The van der Waals surface area contributed by atoms with Gasteiger partial charge in [-0.05, 0) is 24.3 Å². The quantitative estimate of drug-likeness (QED) is 0.685. The molecule has 0 aliphatic carbocycles.